The van der Waals surface area contributed by atoms with Crippen molar-refractivity contribution in [3.05, 3.63) is 83.2 Å². The highest BCUT2D eigenvalue weighted by molar-refractivity contribution is 6.29. The number of halogens is 2. The van der Waals surface area contributed by atoms with E-state index in [9.17, 15) is 9.18 Å². The third-order valence-electron chi connectivity index (χ3n) is 3.30. The molecule has 7 heteroatoms. The van der Waals surface area contributed by atoms with E-state index < -0.39 is 5.82 Å². The Morgan fingerprint density at radius 2 is 2.08 bits per heavy atom. The zero-order valence-corrected chi connectivity index (χ0v) is 13.7. The van der Waals surface area contributed by atoms with Crippen LogP contribution in [0.1, 0.15) is 15.9 Å². The minimum atomic E-state index is -0.525. The van der Waals surface area contributed by atoms with Gasteiger partial charge >= 0.3 is 0 Å². The molecule has 0 saturated carbocycles. The highest BCUT2D eigenvalue weighted by atomic mass is 35.5. The zero-order chi connectivity index (χ0) is 17.6. The highest BCUT2D eigenvalue weighted by Crippen LogP contribution is 2.24. The summed E-state index contributed by atoms with van der Waals surface area (Å²) in [5.74, 6) is -0.316. The number of hydrogen-bond acceptors (Lipinski definition) is 4. The number of rotatable bonds is 5. The second-order valence-corrected chi connectivity index (χ2v) is 5.49. The standard InChI is InChI=1S/C18H13ClFN3O2/c19-17-9-13(5-7-22-17)18(24)23-10-12-3-4-16(15(20)8-12)25-14-2-1-6-21-11-14/h1-9,11H,10H2,(H,23,24). The SMILES string of the molecule is O=C(NCc1ccc(Oc2cccnc2)c(F)c1)c1ccnc(Cl)c1. The van der Waals surface area contributed by atoms with Gasteiger partial charge in [-0.05, 0) is 42.0 Å². The van der Waals surface area contributed by atoms with Crippen LogP contribution in [0.2, 0.25) is 5.15 Å². The first-order valence-corrected chi connectivity index (χ1v) is 7.76. The van der Waals surface area contributed by atoms with Gasteiger partial charge in [0.2, 0.25) is 0 Å². The molecule has 126 valence electrons. The minimum absolute atomic E-state index is 0.0870. The number of amides is 1. The van der Waals surface area contributed by atoms with Gasteiger partial charge in [-0.1, -0.05) is 17.7 Å². The first kappa shape index (κ1) is 16.9. The number of nitrogens with one attached hydrogen (secondary N) is 1. The van der Waals surface area contributed by atoms with E-state index in [4.69, 9.17) is 16.3 Å². The Bertz CT molecular complexity index is 890. The summed E-state index contributed by atoms with van der Waals surface area (Å²) < 4.78 is 19.6. The molecule has 0 radical (unpaired) electrons. The van der Waals surface area contributed by atoms with Gasteiger partial charge in [-0.2, -0.15) is 0 Å². The zero-order valence-electron chi connectivity index (χ0n) is 12.9. The number of carbonyl (C=O) groups is 1. The number of ether oxygens (including phenoxy) is 1. The van der Waals surface area contributed by atoms with Gasteiger partial charge in [0, 0.05) is 24.5 Å². The van der Waals surface area contributed by atoms with Crippen LogP contribution in [-0.2, 0) is 6.54 Å². The van der Waals surface area contributed by atoms with Crippen molar-refractivity contribution in [2.24, 2.45) is 0 Å². The number of hydrogen-bond donors (Lipinski definition) is 1. The van der Waals surface area contributed by atoms with Gasteiger partial charge in [-0.25, -0.2) is 9.37 Å². The fourth-order valence-corrected chi connectivity index (χ4v) is 2.27. The summed E-state index contributed by atoms with van der Waals surface area (Å²) >= 11 is 5.75. The first-order valence-electron chi connectivity index (χ1n) is 7.38. The lowest BCUT2D eigenvalue weighted by Gasteiger charge is -2.09. The van der Waals surface area contributed by atoms with Gasteiger partial charge in [0.15, 0.2) is 11.6 Å². The Morgan fingerprint density at radius 3 is 2.80 bits per heavy atom. The summed E-state index contributed by atoms with van der Waals surface area (Å²) in [4.78, 5) is 19.8. The van der Waals surface area contributed by atoms with Crippen molar-refractivity contribution >= 4 is 17.5 Å². The van der Waals surface area contributed by atoms with Crippen LogP contribution in [0, 0.1) is 5.82 Å². The van der Waals surface area contributed by atoms with E-state index in [0.717, 1.165) is 0 Å². The molecule has 0 saturated heterocycles. The van der Waals surface area contributed by atoms with Gasteiger partial charge in [0.05, 0.1) is 6.20 Å². The predicted molar refractivity (Wildman–Crippen MR) is 91.1 cm³/mol. The third kappa shape index (κ3) is 4.51. The maximum atomic E-state index is 14.2. The van der Waals surface area contributed by atoms with Gasteiger partial charge in [0.25, 0.3) is 5.91 Å². The molecule has 1 aromatic carbocycles. The Balaban J connectivity index is 1.64. The van der Waals surface area contributed by atoms with Crippen molar-refractivity contribution in [2.45, 2.75) is 6.54 Å². The van der Waals surface area contributed by atoms with E-state index >= 15 is 0 Å². The summed E-state index contributed by atoms with van der Waals surface area (Å²) in [5, 5.41) is 2.93. The molecule has 0 aliphatic heterocycles. The van der Waals surface area contributed by atoms with Gasteiger partial charge in [0.1, 0.15) is 10.9 Å². The molecular formula is C18H13ClFN3O2. The molecule has 0 aliphatic carbocycles. The monoisotopic (exact) mass is 357 g/mol. The lowest BCUT2D eigenvalue weighted by molar-refractivity contribution is 0.0950. The number of nitrogens with zero attached hydrogens (tertiary/aromatic N) is 2. The molecule has 1 N–H and O–H groups in total. The van der Waals surface area contributed by atoms with E-state index in [-0.39, 0.29) is 23.4 Å². The summed E-state index contributed by atoms with van der Waals surface area (Å²) in [6.45, 7) is 0.170. The molecule has 1 amide bonds. The normalized spacial score (nSPS) is 10.3. The van der Waals surface area contributed by atoms with Crippen molar-refractivity contribution in [3.8, 4) is 11.5 Å². The lowest BCUT2D eigenvalue weighted by Crippen LogP contribution is -2.22. The maximum Gasteiger partial charge on any atom is 0.251 e. The van der Waals surface area contributed by atoms with Crippen molar-refractivity contribution in [1.29, 1.82) is 0 Å². The Hall–Kier alpha value is -2.99. The molecule has 3 aromatic rings. The molecule has 3 rings (SSSR count). The van der Waals surface area contributed by atoms with Crippen molar-refractivity contribution in [3.63, 3.8) is 0 Å². The highest BCUT2D eigenvalue weighted by Gasteiger charge is 2.09. The topological polar surface area (TPSA) is 64.1 Å². The van der Waals surface area contributed by atoms with Crippen molar-refractivity contribution < 1.29 is 13.9 Å². The van der Waals surface area contributed by atoms with Crippen LogP contribution in [0.25, 0.3) is 0 Å². The van der Waals surface area contributed by atoms with Crippen LogP contribution in [0.5, 0.6) is 11.5 Å². The molecule has 0 spiro atoms. The largest absolute Gasteiger partial charge is 0.453 e. The van der Waals surface area contributed by atoms with Crippen LogP contribution >= 0.6 is 11.6 Å². The number of aromatic nitrogens is 2. The summed E-state index contributed by atoms with van der Waals surface area (Å²) in [7, 11) is 0. The lowest BCUT2D eigenvalue weighted by atomic mass is 10.2. The molecule has 5 nitrogen and oxygen atoms in total. The van der Waals surface area contributed by atoms with E-state index in [0.29, 0.717) is 16.9 Å². The molecule has 0 unspecified atom stereocenters. The molecule has 2 aromatic heterocycles. The molecular weight excluding hydrogens is 345 g/mol. The first-order chi connectivity index (χ1) is 12.1. The number of benzene rings is 1. The van der Waals surface area contributed by atoms with Gasteiger partial charge in [-0.3, -0.25) is 9.78 Å². The van der Waals surface area contributed by atoms with E-state index in [2.05, 4.69) is 15.3 Å². The number of carbonyl (C=O) groups excluding carboxylic acids is 1. The van der Waals surface area contributed by atoms with E-state index in [1.807, 2.05) is 0 Å². The number of pyridine rings is 2. The smallest absolute Gasteiger partial charge is 0.251 e. The third-order valence-corrected chi connectivity index (χ3v) is 3.51. The maximum absolute atomic E-state index is 14.2. The Kier molecular flexibility index (Phi) is 5.20. The predicted octanol–water partition coefficient (Wildman–Crippen LogP) is 3.99. The Labute approximate surface area is 148 Å². The van der Waals surface area contributed by atoms with Crippen LogP contribution in [0.3, 0.4) is 0 Å². The molecule has 2 heterocycles. The molecule has 0 fully saturated rings. The summed E-state index contributed by atoms with van der Waals surface area (Å²) in [5.41, 5.74) is 0.988. The fourth-order valence-electron chi connectivity index (χ4n) is 2.10. The van der Waals surface area contributed by atoms with E-state index in [1.165, 1.54) is 30.6 Å². The minimum Gasteiger partial charge on any atom is -0.453 e. The molecule has 25 heavy (non-hydrogen) atoms. The van der Waals surface area contributed by atoms with Gasteiger partial charge in [-0.15, -0.1) is 0 Å². The molecule has 0 bridgehead atoms. The Morgan fingerprint density at radius 1 is 1.20 bits per heavy atom. The van der Waals surface area contributed by atoms with Crippen LogP contribution < -0.4 is 10.1 Å². The fraction of sp³-hybridized carbons (Fsp3) is 0.0556. The second kappa shape index (κ2) is 7.72. The van der Waals surface area contributed by atoms with Crippen LogP contribution in [0.15, 0.2) is 61.1 Å². The molecule has 0 atom stereocenters. The van der Waals surface area contributed by atoms with Crippen LogP contribution in [0.4, 0.5) is 4.39 Å². The summed E-state index contributed by atoms with van der Waals surface area (Å²) in [6.07, 6.45) is 4.54. The second-order valence-electron chi connectivity index (χ2n) is 5.11. The van der Waals surface area contributed by atoms with Crippen LogP contribution in [-0.4, -0.2) is 15.9 Å². The summed E-state index contributed by atoms with van der Waals surface area (Å²) in [6, 6.07) is 10.9. The average molecular weight is 358 g/mol. The van der Waals surface area contributed by atoms with Crippen molar-refractivity contribution in [2.75, 3.05) is 0 Å². The van der Waals surface area contributed by atoms with E-state index in [1.54, 1.807) is 30.5 Å². The quantitative estimate of drug-likeness (QED) is 0.701. The van der Waals surface area contributed by atoms with Gasteiger partial charge < -0.3 is 10.1 Å². The van der Waals surface area contributed by atoms with Crippen molar-refractivity contribution in [1.82, 2.24) is 15.3 Å². The average Bonchev–Trinajstić information content (AvgIpc) is 2.62. The molecule has 0 aliphatic rings.